The van der Waals surface area contributed by atoms with E-state index in [4.69, 9.17) is 23.2 Å². The first-order chi connectivity index (χ1) is 10.7. The third kappa shape index (κ3) is 2.14. The van der Waals surface area contributed by atoms with Gasteiger partial charge in [-0.1, -0.05) is 23.2 Å². The molecule has 1 aliphatic heterocycles. The van der Waals surface area contributed by atoms with Gasteiger partial charge in [-0.3, -0.25) is 9.97 Å². The minimum absolute atomic E-state index is 0.553. The van der Waals surface area contributed by atoms with Crippen molar-refractivity contribution >= 4 is 29.0 Å². The van der Waals surface area contributed by atoms with Crippen LogP contribution in [-0.4, -0.2) is 26.3 Å². The first-order valence-corrected chi connectivity index (χ1v) is 7.57. The Morgan fingerprint density at radius 3 is 2.86 bits per heavy atom. The van der Waals surface area contributed by atoms with E-state index in [0.29, 0.717) is 10.0 Å². The van der Waals surface area contributed by atoms with Gasteiger partial charge in [-0.25, -0.2) is 4.68 Å². The van der Waals surface area contributed by atoms with Gasteiger partial charge in [-0.15, -0.1) is 0 Å². The summed E-state index contributed by atoms with van der Waals surface area (Å²) in [6, 6.07) is 5.37. The molecular weight excluding hydrogens is 321 g/mol. The molecule has 3 heterocycles. The zero-order valence-electron chi connectivity index (χ0n) is 11.4. The third-order valence-corrected chi connectivity index (χ3v) is 4.13. The van der Waals surface area contributed by atoms with Crippen LogP contribution in [0.5, 0.6) is 0 Å². The number of anilines is 1. The Bertz CT molecular complexity index is 845. The fraction of sp³-hybridized carbons (Fsp3) is 0.133. The molecule has 5 nitrogen and oxygen atoms in total. The molecule has 110 valence electrons. The number of halogens is 2. The van der Waals surface area contributed by atoms with Crippen molar-refractivity contribution in [3.8, 4) is 17.1 Å². The van der Waals surface area contributed by atoms with Crippen molar-refractivity contribution in [1.29, 1.82) is 0 Å². The minimum atomic E-state index is 0.553. The van der Waals surface area contributed by atoms with Crippen LogP contribution in [0, 0.1) is 0 Å². The lowest BCUT2D eigenvalue weighted by atomic mass is 10.1. The van der Waals surface area contributed by atoms with Crippen LogP contribution < -0.4 is 5.32 Å². The van der Waals surface area contributed by atoms with Crippen molar-refractivity contribution in [2.45, 2.75) is 6.42 Å². The lowest BCUT2D eigenvalue weighted by Gasteiger charge is -2.08. The van der Waals surface area contributed by atoms with Crippen molar-refractivity contribution in [2.75, 3.05) is 11.9 Å². The number of aromatic nitrogens is 4. The first-order valence-electron chi connectivity index (χ1n) is 6.81. The smallest absolute Gasteiger partial charge is 0.133 e. The first kappa shape index (κ1) is 13.5. The number of rotatable bonds is 2. The zero-order chi connectivity index (χ0) is 15.1. The van der Waals surface area contributed by atoms with Crippen LogP contribution in [0.4, 0.5) is 5.82 Å². The molecule has 2 aromatic heterocycles. The Kier molecular flexibility index (Phi) is 3.24. The van der Waals surface area contributed by atoms with Crippen molar-refractivity contribution in [3.05, 3.63) is 52.4 Å². The minimum Gasteiger partial charge on any atom is -0.369 e. The summed E-state index contributed by atoms with van der Waals surface area (Å²) >= 11 is 12.3. The monoisotopic (exact) mass is 331 g/mol. The molecule has 0 amide bonds. The fourth-order valence-corrected chi connectivity index (χ4v) is 3.12. The standard InChI is InChI=1S/C15H11Cl2N5/c16-9-1-2-13(11(17)7-9)22-15-10(3-4-20-15)14(21-22)12-8-18-5-6-19-12/h1-2,5-8,20H,3-4H2. The molecular formula is C15H11Cl2N5. The van der Waals surface area contributed by atoms with E-state index in [9.17, 15) is 0 Å². The summed E-state index contributed by atoms with van der Waals surface area (Å²) in [6.45, 7) is 0.867. The molecule has 0 bridgehead atoms. The molecule has 22 heavy (non-hydrogen) atoms. The molecule has 1 aromatic carbocycles. The highest BCUT2D eigenvalue weighted by Crippen LogP contribution is 2.35. The van der Waals surface area contributed by atoms with E-state index in [1.165, 1.54) is 0 Å². The Morgan fingerprint density at radius 1 is 1.18 bits per heavy atom. The van der Waals surface area contributed by atoms with Gasteiger partial charge in [0.05, 0.1) is 16.9 Å². The fourth-order valence-electron chi connectivity index (χ4n) is 2.63. The summed E-state index contributed by atoms with van der Waals surface area (Å²) in [6.07, 6.45) is 5.93. The van der Waals surface area contributed by atoms with Crippen LogP contribution >= 0.6 is 23.2 Å². The molecule has 0 saturated heterocycles. The van der Waals surface area contributed by atoms with Crippen molar-refractivity contribution in [2.24, 2.45) is 0 Å². The summed E-state index contributed by atoms with van der Waals surface area (Å²) < 4.78 is 1.81. The summed E-state index contributed by atoms with van der Waals surface area (Å²) in [7, 11) is 0. The maximum atomic E-state index is 6.32. The highest BCUT2D eigenvalue weighted by Gasteiger charge is 2.25. The molecule has 1 aliphatic rings. The topological polar surface area (TPSA) is 55.6 Å². The third-order valence-electron chi connectivity index (χ3n) is 3.59. The molecule has 3 aromatic rings. The number of benzene rings is 1. The lowest BCUT2D eigenvalue weighted by Crippen LogP contribution is -2.05. The van der Waals surface area contributed by atoms with E-state index in [-0.39, 0.29) is 0 Å². The molecule has 0 atom stereocenters. The van der Waals surface area contributed by atoms with Crippen LogP contribution in [0.2, 0.25) is 10.0 Å². The summed E-state index contributed by atoms with van der Waals surface area (Å²) in [5.74, 6) is 0.949. The molecule has 0 saturated carbocycles. The average Bonchev–Trinajstić information content (AvgIpc) is 3.11. The van der Waals surface area contributed by atoms with Crippen LogP contribution in [0.25, 0.3) is 17.1 Å². The number of hydrogen-bond donors (Lipinski definition) is 1. The van der Waals surface area contributed by atoms with E-state index in [2.05, 4.69) is 20.4 Å². The maximum Gasteiger partial charge on any atom is 0.133 e. The van der Waals surface area contributed by atoms with Crippen LogP contribution in [0.3, 0.4) is 0 Å². The van der Waals surface area contributed by atoms with E-state index < -0.39 is 0 Å². The van der Waals surface area contributed by atoms with Gasteiger partial charge in [0.25, 0.3) is 0 Å². The summed E-state index contributed by atoms with van der Waals surface area (Å²) in [5, 5.41) is 9.20. The molecule has 1 N–H and O–H groups in total. The predicted octanol–water partition coefficient (Wildman–Crippen LogP) is 3.60. The quantitative estimate of drug-likeness (QED) is 0.779. The second kappa shape index (κ2) is 5.26. The van der Waals surface area contributed by atoms with E-state index in [0.717, 1.165) is 41.4 Å². The van der Waals surface area contributed by atoms with Crippen LogP contribution in [0.15, 0.2) is 36.8 Å². The van der Waals surface area contributed by atoms with Gasteiger partial charge in [0.1, 0.15) is 17.2 Å². The van der Waals surface area contributed by atoms with Crippen LogP contribution in [-0.2, 0) is 6.42 Å². The van der Waals surface area contributed by atoms with Crippen molar-refractivity contribution < 1.29 is 0 Å². The van der Waals surface area contributed by atoms with Gasteiger partial charge < -0.3 is 5.32 Å². The largest absolute Gasteiger partial charge is 0.369 e. The number of nitrogens with one attached hydrogen (secondary N) is 1. The number of fused-ring (bicyclic) bond motifs is 1. The molecule has 4 rings (SSSR count). The molecule has 0 aliphatic carbocycles. The summed E-state index contributed by atoms with van der Waals surface area (Å²) in [4.78, 5) is 8.47. The van der Waals surface area contributed by atoms with E-state index in [1.54, 1.807) is 30.7 Å². The molecule has 0 radical (unpaired) electrons. The second-order valence-corrected chi connectivity index (χ2v) is 5.79. The Hall–Kier alpha value is -2.11. The van der Waals surface area contributed by atoms with Gasteiger partial charge in [-0.05, 0) is 24.6 Å². The van der Waals surface area contributed by atoms with Crippen LogP contribution in [0.1, 0.15) is 5.56 Å². The lowest BCUT2D eigenvalue weighted by molar-refractivity contribution is 0.879. The zero-order valence-corrected chi connectivity index (χ0v) is 12.9. The van der Waals surface area contributed by atoms with E-state index >= 15 is 0 Å². The molecule has 7 heteroatoms. The molecule has 0 fully saturated rings. The number of hydrogen-bond acceptors (Lipinski definition) is 4. The summed E-state index contributed by atoms with van der Waals surface area (Å²) in [5.41, 5.74) is 3.50. The van der Waals surface area contributed by atoms with Gasteiger partial charge in [0.2, 0.25) is 0 Å². The Morgan fingerprint density at radius 2 is 2.09 bits per heavy atom. The highest BCUT2D eigenvalue weighted by molar-refractivity contribution is 6.35. The van der Waals surface area contributed by atoms with Gasteiger partial charge in [0, 0.05) is 29.5 Å². The SMILES string of the molecule is Clc1ccc(-n2nc(-c3cnccn3)c3c2NCC3)c(Cl)c1. The average molecular weight is 332 g/mol. The normalized spacial score (nSPS) is 13.0. The Balaban J connectivity index is 1.92. The van der Waals surface area contributed by atoms with E-state index in [1.807, 2.05) is 10.7 Å². The maximum absolute atomic E-state index is 6.32. The molecule has 0 spiro atoms. The van der Waals surface area contributed by atoms with Crippen molar-refractivity contribution in [3.63, 3.8) is 0 Å². The van der Waals surface area contributed by atoms with Gasteiger partial charge >= 0.3 is 0 Å². The highest BCUT2D eigenvalue weighted by atomic mass is 35.5. The Labute approximate surface area is 136 Å². The second-order valence-electron chi connectivity index (χ2n) is 4.95. The molecule has 0 unspecified atom stereocenters. The van der Waals surface area contributed by atoms with Gasteiger partial charge in [0.15, 0.2) is 0 Å². The van der Waals surface area contributed by atoms with Crippen molar-refractivity contribution in [1.82, 2.24) is 19.7 Å². The van der Waals surface area contributed by atoms with Gasteiger partial charge in [-0.2, -0.15) is 5.10 Å². The number of nitrogens with zero attached hydrogens (tertiary/aromatic N) is 4. The predicted molar refractivity (Wildman–Crippen MR) is 86.8 cm³/mol.